The highest BCUT2D eigenvalue weighted by atomic mass is 14.1. The van der Waals surface area contributed by atoms with Crippen molar-refractivity contribution in [3.05, 3.63) is 47.5 Å². The second-order valence-electron chi connectivity index (χ2n) is 3.56. The summed E-state index contributed by atoms with van der Waals surface area (Å²) < 4.78 is 0. The monoisotopic (exact) mass is 186 g/mol. The van der Waals surface area contributed by atoms with Gasteiger partial charge in [0.1, 0.15) is 0 Å². The Hall–Kier alpha value is -1.30. The maximum absolute atomic E-state index is 3.99. The lowest BCUT2D eigenvalue weighted by molar-refractivity contribution is 1.14. The molecule has 1 rings (SSSR count). The standard InChI is InChI=1S/C14H18/c1-5-7-13-10-12(6-2)8-9-14(13)11(3)4/h5,7-10H,3,6H2,1-2,4H3/b7-5-. The molecule has 0 unspecified atom stereocenters. The van der Waals surface area contributed by atoms with Crippen molar-refractivity contribution in [2.24, 2.45) is 0 Å². The van der Waals surface area contributed by atoms with Gasteiger partial charge in [0.2, 0.25) is 0 Å². The van der Waals surface area contributed by atoms with Gasteiger partial charge in [0, 0.05) is 0 Å². The number of benzene rings is 1. The van der Waals surface area contributed by atoms with E-state index in [4.69, 9.17) is 0 Å². The molecule has 0 amide bonds. The molecule has 0 aromatic heterocycles. The van der Waals surface area contributed by atoms with Crippen molar-refractivity contribution in [2.75, 3.05) is 0 Å². The largest absolute Gasteiger partial charge is 0.0955 e. The Labute approximate surface area is 87.0 Å². The summed E-state index contributed by atoms with van der Waals surface area (Å²) >= 11 is 0. The van der Waals surface area contributed by atoms with Crippen LogP contribution in [-0.4, -0.2) is 0 Å². The molecule has 0 nitrogen and oxygen atoms in total. The van der Waals surface area contributed by atoms with Crippen LogP contribution in [-0.2, 0) is 6.42 Å². The Morgan fingerprint density at radius 2 is 2.14 bits per heavy atom. The second-order valence-corrected chi connectivity index (χ2v) is 3.56. The molecule has 0 fully saturated rings. The van der Waals surface area contributed by atoms with Crippen LogP contribution < -0.4 is 0 Å². The van der Waals surface area contributed by atoms with Crippen LogP contribution in [0.3, 0.4) is 0 Å². The first kappa shape index (κ1) is 10.8. The van der Waals surface area contributed by atoms with Crippen molar-refractivity contribution in [2.45, 2.75) is 27.2 Å². The van der Waals surface area contributed by atoms with Gasteiger partial charge < -0.3 is 0 Å². The van der Waals surface area contributed by atoms with E-state index < -0.39 is 0 Å². The normalized spacial score (nSPS) is 10.8. The maximum atomic E-state index is 3.99. The minimum atomic E-state index is 1.08. The summed E-state index contributed by atoms with van der Waals surface area (Å²) in [5, 5.41) is 0. The Kier molecular flexibility index (Phi) is 3.70. The topological polar surface area (TPSA) is 0 Å². The van der Waals surface area contributed by atoms with E-state index in [0.717, 1.165) is 12.0 Å². The molecule has 0 bridgehead atoms. The zero-order valence-electron chi connectivity index (χ0n) is 9.30. The van der Waals surface area contributed by atoms with Crippen LogP contribution in [0, 0.1) is 0 Å². The number of allylic oxidation sites excluding steroid dienone is 2. The van der Waals surface area contributed by atoms with E-state index in [1.165, 1.54) is 16.7 Å². The third kappa shape index (κ3) is 2.35. The van der Waals surface area contributed by atoms with Gasteiger partial charge in [0.25, 0.3) is 0 Å². The third-order valence-electron chi connectivity index (χ3n) is 2.33. The van der Waals surface area contributed by atoms with Gasteiger partial charge in [-0.25, -0.2) is 0 Å². The van der Waals surface area contributed by atoms with Crippen molar-refractivity contribution in [3.63, 3.8) is 0 Å². The molecule has 0 atom stereocenters. The van der Waals surface area contributed by atoms with Gasteiger partial charge in [-0.2, -0.15) is 0 Å². The smallest absolute Gasteiger partial charge is 0.0161 e. The fraction of sp³-hybridized carbons (Fsp3) is 0.286. The summed E-state index contributed by atoms with van der Waals surface area (Å²) in [6, 6.07) is 6.58. The van der Waals surface area contributed by atoms with Crippen molar-refractivity contribution < 1.29 is 0 Å². The second kappa shape index (κ2) is 4.80. The Bertz CT molecular complexity index is 356. The van der Waals surface area contributed by atoms with E-state index in [1.54, 1.807) is 0 Å². The van der Waals surface area contributed by atoms with Crippen molar-refractivity contribution in [3.8, 4) is 0 Å². The molecule has 0 aliphatic heterocycles. The van der Waals surface area contributed by atoms with Crippen LogP contribution in [0.4, 0.5) is 0 Å². The van der Waals surface area contributed by atoms with Crippen molar-refractivity contribution >= 4 is 11.6 Å². The van der Waals surface area contributed by atoms with E-state index in [1.807, 2.05) is 13.8 Å². The molecule has 0 saturated heterocycles. The van der Waals surface area contributed by atoms with Crippen LogP contribution >= 0.6 is 0 Å². The van der Waals surface area contributed by atoms with E-state index in [-0.39, 0.29) is 0 Å². The quantitative estimate of drug-likeness (QED) is 0.659. The van der Waals surface area contributed by atoms with Crippen LogP contribution in [0.15, 0.2) is 30.9 Å². The lowest BCUT2D eigenvalue weighted by Crippen LogP contribution is -1.88. The molecule has 0 N–H and O–H groups in total. The van der Waals surface area contributed by atoms with Gasteiger partial charge in [-0.15, -0.1) is 0 Å². The summed E-state index contributed by atoms with van der Waals surface area (Å²) in [5.41, 5.74) is 5.03. The predicted octanol–water partition coefficient (Wildman–Crippen LogP) is 4.32. The zero-order valence-corrected chi connectivity index (χ0v) is 9.30. The Balaban J connectivity index is 3.23. The minimum Gasteiger partial charge on any atom is -0.0955 e. The molecular weight excluding hydrogens is 168 g/mol. The van der Waals surface area contributed by atoms with Gasteiger partial charge in [0.05, 0.1) is 0 Å². The SMILES string of the molecule is C=C(C)c1ccc(CC)cc1/C=C\C. The highest BCUT2D eigenvalue weighted by molar-refractivity contribution is 5.72. The van der Waals surface area contributed by atoms with Gasteiger partial charge >= 0.3 is 0 Å². The molecule has 0 heterocycles. The molecule has 1 aromatic carbocycles. The van der Waals surface area contributed by atoms with Gasteiger partial charge in [0.15, 0.2) is 0 Å². The summed E-state index contributed by atoms with van der Waals surface area (Å²) in [4.78, 5) is 0. The molecule has 0 radical (unpaired) electrons. The lowest BCUT2D eigenvalue weighted by atomic mass is 9.98. The van der Waals surface area contributed by atoms with Crippen LogP contribution in [0.25, 0.3) is 11.6 Å². The summed E-state index contributed by atoms with van der Waals surface area (Å²) in [6.45, 7) is 10.3. The molecule has 0 spiro atoms. The minimum absolute atomic E-state index is 1.08. The number of aryl methyl sites for hydroxylation is 1. The van der Waals surface area contributed by atoms with E-state index in [2.05, 4.69) is 43.9 Å². The van der Waals surface area contributed by atoms with Crippen molar-refractivity contribution in [1.82, 2.24) is 0 Å². The van der Waals surface area contributed by atoms with Gasteiger partial charge in [-0.1, -0.05) is 49.4 Å². The molecule has 0 saturated carbocycles. The van der Waals surface area contributed by atoms with Crippen LogP contribution in [0.1, 0.15) is 37.5 Å². The maximum Gasteiger partial charge on any atom is -0.0161 e. The summed E-state index contributed by atoms with van der Waals surface area (Å²) in [7, 11) is 0. The first-order chi connectivity index (χ1) is 6.69. The predicted molar refractivity (Wildman–Crippen MR) is 65.2 cm³/mol. The highest BCUT2D eigenvalue weighted by Gasteiger charge is 2.00. The molecule has 0 aliphatic rings. The Morgan fingerprint density at radius 1 is 1.43 bits per heavy atom. The van der Waals surface area contributed by atoms with Gasteiger partial charge in [-0.05, 0) is 37.0 Å². The molecule has 0 heteroatoms. The number of hydrogen-bond acceptors (Lipinski definition) is 0. The van der Waals surface area contributed by atoms with Crippen molar-refractivity contribution in [1.29, 1.82) is 0 Å². The average Bonchev–Trinajstić information content (AvgIpc) is 2.17. The van der Waals surface area contributed by atoms with Crippen LogP contribution in [0.5, 0.6) is 0 Å². The third-order valence-corrected chi connectivity index (χ3v) is 2.33. The Morgan fingerprint density at radius 3 is 2.64 bits per heavy atom. The first-order valence-electron chi connectivity index (χ1n) is 5.10. The lowest BCUT2D eigenvalue weighted by Gasteiger charge is -2.07. The first-order valence-corrected chi connectivity index (χ1v) is 5.10. The molecule has 0 aliphatic carbocycles. The fourth-order valence-electron chi connectivity index (χ4n) is 1.54. The molecular formula is C14H18. The van der Waals surface area contributed by atoms with Crippen LogP contribution in [0.2, 0.25) is 0 Å². The summed E-state index contributed by atoms with van der Waals surface area (Å²) in [5.74, 6) is 0. The van der Waals surface area contributed by atoms with E-state index >= 15 is 0 Å². The number of rotatable bonds is 3. The number of hydrogen-bond donors (Lipinski definition) is 0. The van der Waals surface area contributed by atoms with Gasteiger partial charge in [-0.3, -0.25) is 0 Å². The summed E-state index contributed by atoms with van der Waals surface area (Å²) in [6.07, 6.45) is 5.30. The van der Waals surface area contributed by atoms with E-state index in [0.29, 0.717) is 0 Å². The molecule has 1 aromatic rings. The zero-order chi connectivity index (χ0) is 10.6. The molecule has 14 heavy (non-hydrogen) atoms. The fourth-order valence-corrected chi connectivity index (χ4v) is 1.54. The molecule has 74 valence electrons. The average molecular weight is 186 g/mol. The van der Waals surface area contributed by atoms with E-state index in [9.17, 15) is 0 Å². The highest BCUT2D eigenvalue weighted by Crippen LogP contribution is 2.20.